The maximum Gasteiger partial charge on any atom is 0.453 e. The van der Waals surface area contributed by atoms with Crippen molar-refractivity contribution in [2.75, 3.05) is 0 Å². The van der Waals surface area contributed by atoms with Gasteiger partial charge in [0.05, 0.1) is 0 Å². The van der Waals surface area contributed by atoms with Gasteiger partial charge in [-0.3, -0.25) is 0 Å². The summed E-state index contributed by atoms with van der Waals surface area (Å²) in [4.78, 5) is 7.37. The van der Waals surface area contributed by atoms with Crippen LogP contribution in [-0.4, -0.2) is 24.1 Å². The number of hydrogen-bond donors (Lipinski definition) is 0. The van der Waals surface area contributed by atoms with Crippen LogP contribution in [0.15, 0.2) is 30.6 Å². The minimum absolute atomic E-state index is 0.0731. The summed E-state index contributed by atoms with van der Waals surface area (Å²) in [6, 6.07) is 5.17. The number of aromatic nitrogens is 5. The molecule has 0 saturated carbocycles. The molecule has 0 unspecified atom stereocenters. The third-order valence-corrected chi connectivity index (χ3v) is 2.54. The van der Waals surface area contributed by atoms with Crippen molar-refractivity contribution in [2.45, 2.75) is 13.1 Å². The fraction of sp³-hybridized carbons (Fsp3) is 0.182. The van der Waals surface area contributed by atoms with Gasteiger partial charge >= 0.3 is 6.18 Å². The van der Waals surface area contributed by atoms with Crippen molar-refractivity contribution in [3.05, 3.63) is 42.1 Å². The second-order valence-corrected chi connectivity index (χ2v) is 3.99. The van der Waals surface area contributed by atoms with Crippen LogP contribution in [0.4, 0.5) is 13.2 Å². The van der Waals surface area contributed by atoms with E-state index in [1.165, 1.54) is 0 Å². The maximum atomic E-state index is 12.6. The largest absolute Gasteiger partial charge is 0.453 e. The van der Waals surface area contributed by atoms with E-state index in [1.54, 1.807) is 42.1 Å². The van der Waals surface area contributed by atoms with E-state index < -0.39 is 12.0 Å². The molecule has 0 amide bonds. The topological polar surface area (TPSA) is 48.0 Å². The number of aryl methyl sites for hydroxylation is 1. The van der Waals surface area contributed by atoms with Crippen LogP contribution < -0.4 is 0 Å². The minimum Gasteiger partial charge on any atom is -0.308 e. The third-order valence-electron chi connectivity index (χ3n) is 2.54. The Kier molecular flexibility index (Phi) is 2.34. The molecule has 0 spiro atoms. The summed E-state index contributed by atoms with van der Waals surface area (Å²) in [5.41, 5.74) is 0.567. The van der Waals surface area contributed by atoms with E-state index in [2.05, 4.69) is 15.1 Å². The van der Waals surface area contributed by atoms with Gasteiger partial charge in [-0.2, -0.15) is 22.7 Å². The highest BCUT2D eigenvalue weighted by Crippen LogP contribution is 2.26. The van der Waals surface area contributed by atoms with Gasteiger partial charge in [-0.25, -0.2) is 4.98 Å². The molecule has 0 radical (unpaired) electrons. The Morgan fingerprint density at radius 2 is 1.79 bits per heavy atom. The van der Waals surface area contributed by atoms with Crippen molar-refractivity contribution < 1.29 is 13.2 Å². The molecular formula is C11H8F3N5. The lowest BCUT2D eigenvalue weighted by molar-refractivity contribution is -0.144. The SMILES string of the molecule is Cc1cc(-n2cccc2)n2nc(C(F)(F)F)nc2n1. The van der Waals surface area contributed by atoms with Crippen LogP contribution in [0.3, 0.4) is 0 Å². The maximum absolute atomic E-state index is 12.6. The summed E-state index contributed by atoms with van der Waals surface area (Å²) in [7, 11) is 0. The molecule has 0 atom stereocenters. The molecule has 0 aliphatic carbocycles. The second-order valence-electron chi connectivity index (χ2n) is 3.99. The molecule has 0 N–H and O–H groups in total. The average molecular weight is 267 g/mol. The summed E-state index contributed by atoms with van der Waals surface area (Å²) in [5, 5.41) is 3.48. The Morgan fingerprint density at radius 3 is 2.42 bits per heavy atom. The van der Waals surface area contributed by atoms with Crippen LogP contribution in [0.5, 0.6) is 0 Å². The average Bonchev–Trinajstić information content (AvgIpc) is 2.95. The van der Waals surface area contributed by atoms with E-state index in [-0.39, 0.29) is 5.78 Å². The fourth-order valence-electron chi connectivity index (χ4n) is 1.76. The molecule has 3 aromatic rings. The molecule has 0 saturated heterocycles. The van der Waals surface area contributed by atoms with Gasteiger partial charge in [0.25, 0.3) is 11.6 Å². The summed E-state index contributed by atoms with van der Waals surface area (Å²) >= 11 is 0. The van der Waals surface area contributed by atoms with E-state index >= 15 is 0 Å². The second kappa shape index (κ2) is 3.81. The zero-order chi connectivity index (χ0) is 13.6. The van der Waals surface area contributed by atoms with Crippen LogP contribution in [-0.2, 0) is 6.18 Å². The lowest BCUT2D eigenvalue weighted by Gasteiger charge is -2.05. The molecule has 19 heavy (non-hydrogen) atoms. The van der Waals surface area contributed by atoms with Crippen molar-refractivity contribution in [1.29, 1.82) is 0 Å². The normalized spacial score (nSPS) is 12.2. The highest BCUT2D eigenvalue weighted by Gasteiger charge is 2.36. The molecule has 5 nitrogen and oxygen atoms in total. The van der Waals surface area contributed by atoms with Crippen LogP contribution in [0.1, 0.15) is 11.5 Å². The highest BCUT2D eigenvalue weighted by atomic mass is 19.4. The zero-order valence-electron chi connectivity index (χ0n) is 9.76. The first-order valence-corrected chi connectivity index (χ1v) is 5.40. The Bertz CT molecular complexity index is 727. The Morgan fingerprint density at radius 1 is 1.11 bits per heavy atom. The van der Waals surface area contributed by atoms with Crippen LogP contribution in [0.2, 0.25) is 0 Å². The minimum atomic E-state index is -4.59. The molecule has 3 aromatic heterocycles. The molecule has 0 aromatic carbocycles. The van der Waals surface area contributed by atoms with Gasteiger partial charge in [0.15, 0.2) is 0 Å². The first-order valence-electron chi connectivity index (χ1n) is 5.40. The zero-order valence-corrected chi connectivity index (χ0v) is 9.76. The van der Waals surface area contributed by atoms with Gasteiger partial charge in [-0.1, -0.05) is 0 Å². The number of rotatable bonds is 1. The van der Waals surface area contributed by atoms with Crippen LogP contribution >= 0.6 is 0 Å². The summed E-state index contributed by atoms with van der Waals surface area (Å²) in [6.45, 7) is 1.69. The predicted octanol–water partition coefficient (Wildman–Crippen LogP) is 2.24. The molecule has 3 heterocycles. The molecule has 0 fully saturated rings. The smallest absolute Gasteiger partial charge is 0.308 e. The van der Waals surface area contributed by atoms with E-state index in [1.807, 2.05) is 0 Å². The standard InChI is InChI=1S/C11H8F3N5/c1-7-6-8(18-4-2-3-5-18)19-10(15-7)16-9(17-19)11(12,13)14/h2-6H,1H3. The first kappa shape index (κ1) is 11.7. The van der Waals surface area contributed by atoms with E-state index in [9.17, 15) is 13.2 Å². The summed E-state index contributed by atoms with van der Waals surface area (Å²) in [6.07, 6.45) is -1.16. The summed E-state index contributed by atoms with van der Waals surface area (Å²) in [5.74, 6) is -0.814. The number of fused-ring (bicyclic) bond motifs is 1. The van der Waals surface area contributed by atoms with Crippen LogP contribution in [0.25, 0.3) is 11.6 Å². The molecule has 0 aliphatic heterocycles. The van der Waals surface area contributed by atoms with Crippen molar-refractivity contribution in [3.63, 3.8) is 0 Å². The molecule has 98 valence electrons. The fourth-order valence-corrected chi connectivity index (χ4v) is 1.76. The molecular weight excluding hydrogens is 259 g/mol. The van der Waals surface area contributed by atoms with Crippen molar-refractivity contribution >= 4 is 5.78 Å². The quantitative estimate of drug-likeness (QED) is 0.679. The Balaban J connectivity index is 2.30. The molecule has 0 aliphatic rings. The number of nitrogens with zero attached hydrogens (tertiary/aromatic N) is 5. The van der Waals surface area contributed by atoms with Crippen molar-refractivity contribution in [1.82, 2.24) is 24.1 Å². The monoisotopic (exact) mass is 267 g/mol. The third kappa shape index (κ3) is 1.94. The van der Waals surface area contributed by atoms with E-state index in [4.69, 9.17) is 0 Å². The lowest BCUT2D eigenvalue weighted by atomic mass is 10.4. The number of alkyl halides is 3. The highest BCUT2D eigenvalue weighted by molar-refractivity contribution is 5.38. The van der Waals surface area contributed by atoms with Gasteiger partial charge in [-0.05, 0) is 19.1 Å². The number of halogens is 3. The Hall–Kier alpha value is -2.38. The predicted molar refractivity (Wildman–Crippen MR) is 59.8 cm³/mol. The molecule has 8 heteroatoms. The van der Waals surface area contributed by atoms with Crippen molar-refractivity contribution in [3.8, 4) is 5.82 Å². The van der Waals surface area contributed by atoms with Gasteiger partial charge in [0, 0.05) is 24.2 Å². The number of hydrogen-bond acceptors (Lipinski definition) is 3. The first-order chi connectivity index (χ1) is 8.95. The van der Waals surface area contributed by atoms with Gasteiger partial charge in [0.1, 0.15) is 5.82 Å². The Labute approximate surface area is 105 Å². The van der Waals surface area contributed by atoms with Crippen molar-refractivity contribution in [2.24, 2.45) is 0 Å². The lowest BCUT2D eigenvalue weighted by Crippen LogP contribution is -2.08. The van der Waals surface area contributed by atoms with Gasteiger partial charge < -0.3 is 4.57 Å². The van der Waals surface area contributed by atoms with E-state index in [0.717, 1.165) is 4.52 Å². The molecule has 0 bridgehead atoms. The van der Waals surface area contributed by atoms with Gasteiger partial charge in [-0.15, -0.1) is 5.10 Å². The summed E-state index contributed by atoms with van der Waals surface area (Å²) < 4.78 is 40.6. The van der Waals surface area contributed by atoms with E-state index in [0.29, 0.717) is 11.5 Å². The van der Waals surface area contributed by atoms with Crippen LogP contribution in [0, 0.1) is 6.92 Å². The molecule has 3 rings (SSSR count). The van der Waals surface area contributed by atoms with Gasteiger partial charge in [0.2, 0.25) is 0 Å².